The Morgan fingerprint density at radius 1 is 1.13 bits per heavy atom. The van der Waals surface area contributed by atoms with Crippen molar-refractivity contribution in [2.75, 3.05) is 5.32 Å². The lowest BCUT2D eigenvalue weighted by Gasteiger charge is -2.15. The Balaban J connectivity index is 1.61. The zero-order chi connectivity index (χ0) is 21.1. The van der Waals surface area contributed by atoms with Crippen LogP contribution in [-0.4, -0.2) is 39.3 Å². The monoisotopic (exact) mass is 401 g/mol. The second-order valence-electron chi connectivity index (χ2n) is 6.55. The minimum atomic E-state index is -1.12. The molecule has 9 nitrogen and oxygen atoms in total. The van der Waals surface area contributed by atoms with E-state index < -0.39 is 18.1 Å². The summed E-state index contributed by atoms with van der Waals surface area (Å²) in [4.78, 5) is 21.3. The number of hydrogen-bond donors (Lipinski definition) is 4. The van der Waals surface area contributed by atoms with E-state index in [-0.39, 0.29) is 11.7 Å². The van der Waals surface area contributed by atoms with Crippen LogP contribution in [0.1, 0.15) is 17.0 Å². The van der Waals surface area contributed by atoms with E-state index >= 15 is 0 Å². The highest BCUT2D eigenvalue weighted by atomic mass is 16.5. The van der Waals surface area contributed by atoms with E-state index in [4.69, 9.17) is 15.6 Å². The van der Waals surface area contributed by atoms with Gasteiger partial charge in [0.25, 0.3) is 17.8 Å². The smallest absolute Gasteiger partial charge is 0.290 e. The molecule has 1 aromatic heterocycles. The van der Waals surface area contributed by atoms with Crippen molar-refractivity contribution < 1.29 is 9.53 Å². The van der Waals surface area contributed by atoms with Gasteiger partial charge in [-0.1, -0.05) is 48.5 Å². The Morgan fingerprint density at radius 2 is 1.87 bits per heavy atom. The highest BCUT2D eigenvalue weighted by Crippen LogP contribution is 2.23. The summed E-state index contributed by atoms with van der Waals surface area (Å²) in [5.74, 6) is -0.498. The standard InChI is InChI=1S/C21H19N7O2/c1-28-12-11-24-19(28)17(22)30-21(23)27-18-20(29)25-15-10-6-5-9-14(15)16(26-18)13-7-3-2-4-8-13/h2-12,18,22H,1H3,(H2,23,27)(H,25,29). The number of aliphatic imine (C=N–C) groups is 1. The van der Waals surface area contributed by atoms with Crippen LogP contribution in [0, 0.1) is 10.8 Å². The van der Waals surface area contributed by atoms with Gasteiger partial charge in [0.1, 0.15) is 0 Å². The number of benzodiazepines with no additional fused rings is 1. The molecule has 0 spiro atoms. The van der Waals surface area contributed by atoms with Gasteiger partial charge in [-0.05, 0) is 6.07 Å². The number of amides is 1. The number of benzene rings is 2. The van der Waals surface area contributed by atoms with Crippen LogP contribution in [0.2, 0.25) is 0 Å². The number of rotatable bonds is 3. The zero-order valence-corrected chi connectivity index (χ0v) is 16.1. The summed E-state index contributed by atoms with van der Waals surface area (Å²) in [6, 6.07) is 16.4. The number of amidine groups is 1. The van der Waals surface area contributed by atoms with Crippen molar-refractivity contribution in [3.05, 3.63) is 83.9 Å². The molecule has 0 radical (unpaired) electrons. The van der Waals surface area contributed by atoms with Gasteiger partial charge in [-0.15, -0.1) is 0 Å². The van der Waals surface area contributed by atoms with Crippen molar-refractivity contribution >= 4 is 29.2 Å². The molecule has 0 saturated heterocycles. The van der Waals surface area contributed by atoms with Crippen molar-refractivity contribution in [3.63, 3.8) is 0 Å². The number of ether oxygens (including phenoxy) is 1. The molecule has 1 aliphatic rings. The maximum absolute atomic E-state index is 12.8. The number of carbonyl (C=O) groups excluding carboxylic acids is 1. The normalized spacial score (nSPS) is 15.3. The molecule has 0 aliphatic carbocycles. The van der Waals surface area contributed by atoms with E-state index in [1.165, 1.54) is 6.20 Å². The number of aryl methyl sites for hydroxylation is 1. The number of nitrogens with one attached hydrogen (secondary N) is 4. The highest BCUT2D eigenvalue weighted by Gasteiger charge is 2.27. The third-order valence-electron chi connectivity index (χ3n) is 4.49. The van der Waals surface area contributed by atoms with Gasteiger partial charge in [0.2, 0.25) is 6.17 Å². The third-order valence-corrected chi connectivity index (χ3v) is 4.49. The Kier molecular flexibility index (Phi) is 5.08. The average molecular weight is 401 g/mol. The van der Waals surface area contributed by atoms with Crippen LogP contribution >= 0.6 is 0 Å². The van der Waals surface area contributed by atoms with Crippen molar-refractivity contribution in [3.8, 4) is 0 Å². The molecule has 2 heterocycles. The molecule has 4 rings (SSSR count). The number of fused-ring (bicyclic) bond motifs is 1. The molecule has 9 heteroatoms. The summed E-state index contributed by atoms with van der Waals surface area (Å²) >= 11 is 0. The van der Waals surface area contributed by atoms with Gasteiger partial charge < -0.3 is 19.9 Å². The van der Waals surface area contributed by atoms with Gasteiger partial charge in [0.05, 0.1) is 11.4 Å². The Morgan fingerprint density at radius 3 is 2.60 bits per heavy atom. The van der Waals surface area contributed by atoms with E-state index in [9.17, 15) is 4.79 Å². The molecule has 2 aromatic carbocycles. The second-order valence-corrected chi connectivity index (χ2v) is 6.55. The fourth-order valence-corrected chi connectivity index (χ4v) is 3.07. The first kappa shape index (κ1) is 19.1. The predicted octanol–water partition coefficient (Wildman–Crippen LogP) is 2.10. The first-order chi connectivity index (χ1) is 14.5. The van der Waals surface area contributed by atoms with Gasteiger partial charge in [0, 0.05) is 30.6 Å². The Labute approximate surface area is 172 Å². The second kappa shape index (κ2) is 8.00. The van der Waals surface area contributed by atoms with Crippen molar-refractivity contribution in [2.45, 2.75) is 6.17 Å². The molecular weight excluding hydrogens is 382 g/mol. The molecule has 1 atom stereocenters. The summed E-state index contributed by atoms with van der Waals surface area (Å²) in [6.45, 7) is 0. The van der Waals surface area contributed by atoms with E-state index in [2.05, 4.69) is 20.6 Å². The van der Waals surface area contributed by atoms with Crippen LogP contribution in [0.25, 0.3) is 0 Å². The Hall–Kier alpha value is -4.27. The molecule has 1 amide bonds. The lowest BCUT2D eigenvalue weighted by Crippen LogP contribution is -2.43. The number of hydrogen-bond acceptors (Lipinski definition) is 6. The summed E-state index contributed by atoms with van der Waals surface area (Å²) < 4.78 is 6.80. The van der Waals surface area contributed by atoms with Crippen LogP contribution in [0.15, 0.2) is 72.0 Å². The van der Waals surface area contributed by atoms with E-state index in [1.54, 1.807) is 23.9 Å². The molecule has 0 bridgehead atoms. The molecule has 4 N–H and O–H groups in total. The van der Waals surface area contributed by atoms with Crippen molar-refractivity contribution in [1.82, 2.24) is 14.9 Å². The summed E-state index contributed by atoms with van der Waals surface area (Å²) in [5, 5.41) is 21.5. The molecule has 1 unspecified atom stereocenters. The lowest BCUT2D eigenvalue weighted by molar-refractivity contribution is -0.117. The van der Waals surface area contributed by atoms with E-state index in [1.807, 2.05) is 48.5 Å². The van der Waals surface area contributed by atoms with E-state index in [0.29, 0.717) is 11.4 Å². The van der Waals surface area contributed by atoms with Crippen LogP contribution in [0.5, 0.6) is 0 Å². The third kappa shape index (κ3) is 3.81. The first-order valence-corrected chi connectivity index (χ1v) is 9.15. The van der Waals surface area contributed by atoms with Crippen molar-refractivity contribution in [2.24, 2.45) is 12.0 Å². The molecule has 0 fully saturated rings. The van der Waals surface area contributed by atoms with Gasteiger partial charge in [-0.3, -0.25) is 15.6 Å². The van der Waals surface area contributed by atoms with Gasteiger partial charge in [0.15, 0.2) is 5.82 Å². The summed E-state index contributed by atoms with van der Waals surface area (Å²) in [7, 11) is 1.71. The van der Waals surface area contributed by atoms with E-state index in [0.717, 1.165) is 11.1 Å². The van der Waals surface area contributed by atoms with Crippen LogP contribution < -0.4 is 10.6 Å². The molecule has 0 saturated carbocycles. The van der Waals surface area contributed by atoms with Crippen LogP contribution in [0.4, 0.5) is 5.69 Å². The number of aromatic nitrogens is 2. The number of anilines is 1. The number of para-hydroxylation sites is 1. The summed E-state index contributed by atoms with van der Waals surface area (Å²) in [6.07, 6.45) is 2.07. The molecule has 30 heavy (non-hydrogen) atoms. The largest absolute Gasteiger partial charge is 0.404 e. The minimum absolute atomic E-state index is 0.257. The first-order valence-electron chi connectivity index (χ1n) is 9.15. The number of carbonyl (C=O) groups is 1. The maximum Gasteiger partial charge on any atom is 0.290 e. The fraction of sp³-hybridized carbons (Fsp3) is 0.0952. The lowest BCUT2D eigenvalue weighted by atomic mass is 10.0. The molecule has 1 aliphatic heterocycles. The number of imidazole rings is 1. The highest BCUT2D eigenvalue weighted by molar-refractivity contribution is 6.19. The van der Waals surface area contributed by atoms with Gasteiger partial charge in [-0.2, -0.15) is 0 Å². The summed E-state index contributed by atoms with van der Waals surface area (Å²) in [5.41, 5.74) is 2.84. The predicted molar refractivity (Wildman–Crippen MR) is 113 cm³/mol. The SMILES string of the molecule is Cn1ccnc1C(=N)OC(=N)NC1N=C(c2ccccc2)c2ccccc2NC1=O. The van der Waals surface area contributed by atoms with Crippen LogP contribution in [-0.2, 0) is 16.6 Å². The van der Waals surface area contributed by atoms with Crippen LogP contribution in [0.3, 0.4) is 0 Å². The maximum atomic E-state index is 12.8. The van der Waals surface area contributed by atoms with Crippen molar-refractivity contribution in [1.29, 1.82) is 10.8 Å². The minimum Gasteiger partial charge on any atom is -0.404 e. The molecule has 150 valence electrons. The van der Waals surface area contributed by atoms with Gasteiger partial charge >= 0.3 is 0 Å². The number of nitrogens with zero attached hydrogens (tertiary/aromatic N) is 3. The molecular formula is C21H19N7O2. The zero-order valence-electron chi connectivity index (χ0n) is 16.1. The van der Waals surface area contributed by atoms with Gasteiger partial charge in [-0.25, -0.2) is 9.98 Å². The fourth-order valence-electron chi connectivity index (χ4n) is 3.07. The quantitative estimate of drug-likeness (QED) is 0.396. The molecule has 3 aromatic rings. The topological polar surface area (TPSA) is 128 Å². The Bertz CT molecular complexity index is 1150. The average Bonchev–Trinajstić information content (AvgIpc) is 3.12.